The Morgan fingerprint density at radius 3 is 2.60 bits per heavy atom. The number of rotatable bonds is 6. The first kappa shape index (κ1) is 20.0. The Bertz CT molecular complexity index is 1280. The molecule has 0 atom stereocenters. The third-order valence-electron chi connectivity index (χ3n) is 4.52. The molecular weight excluding hydrogens is 419 g/mol. The molecule has 0 fully saturated rings. The number of H-pyrrole nitrogens is 1. The zero-order chi connectivity index (χ0) is 21.4. The number of anilines is 1. The molecule has 2 N–H and O–H groups in total. The zero-order valence-corrected chi connectivity index (χ0v) is 16.2. The summed E-state index contributed by atoms with van der Waals surface area (Å²) in [6, 6.07) is 12.8. The number of fused-ring (bicyclic) bond motifs is 1. The van der Waals surface area contributed by atoms with Crippen LogP contribution in [0.4, 0.5) is 18.9 Å². The Balaban J connectivity index is 1.62. The van der Waals surface area contributed by atoms with E-state index in [0.29, 0.717) is 13.0 Å². The number of nitrogens with zero attached hydrogens (tertiary/aromatic N) is 3. The summed E-state index contributed by atoms with van der Waals surface area (Å²) >= 11 is 0. The maximum absolute atomic E-state index is 13.4. The lowest BCUT2D eigenvalue weighted by atomic mass is 10.1. The molecule has 156 valence electrons. The monoisotopic (exact) mass is 435 g/mol. The average molecular weight is 435 g/mol. The molecule has 0 aliphatic heterocycles. The summed E-state index contributed by atoms with van der Waals surface area (Å²) in [5, 5.41) is 9.81. The fourth-order valence-corrected chi connectivity index (χ4v) is 4.34. The van der Waals surface area contributed by atoms with Crippen molar-refractivity contribution < 1.29 is 21.6 Å². The molecule has 0 unspecified atom stereocenters. The molecule has 2 aromatic carbocycles. The van der Waals surface area contributed by atoms with E-state index in [1.54, 1.807) is 0 Å². The van der Waals surface area contributed by atoms with E-state index in [9.17, 15) is 21.6 Å². The molecule has 0 spiro atoms. The van der Waals surface area contributed by atoms with Gasteiger partial charge in [0.1, 0.15) is 0 Å². The van der Waals surface area contributed by atoms with Crippen LogP contribution in [-0.4, -0.2) is 28.4 Å². The summed E-state index contributed by atoms with van der Waals surface area (Å²) in [6.45, 7) is 0.292. The van der Waals surface area contributed by atoms with Crippen LogP contribution in [0.5, 0.6) is 0 Å². The number of alkyl halides is 3. The molecule has 11 heteroatoms. The number of hydrogen-bond acceptors (Lipinski definition) is 4. The standard InChI is InChI=1S/C19H16F3N5O2S/c20-19(21,22)16-10-14(11-17-15(16)12-23-25-17)26-30(28,29)18-6-8-24-27(18)9-7-13-4-2-1-3-5-13/h1-6,8,10-12,26H,7,9H2,(H,23,25). The third kappa shape index (κ3) is 4.01. The predicted octanol–water partition coefficient (Wildman–Crippen LogP) is 3.82. The van der Waals surface area contributed by atoms with E-state index in [2.05, 4.69) is 20.0 Å². The number of hydrogen-bond donors (Lipinski definition) is 2. The molecule has 0 radical (unpaired) electrons. The van der Waals surface area contributed by atoms with Crippen LogP contribution in [0.15, 0.2) is 66.0 Å². The summed E-state index contributed by atoms with van der Waals surface area (Å²) in [5.74, 6) is 0. The largest absolute Gasteiger partial charge is 0.417 e. The highest BCUT2D eigenvalue weighted by Gasteiger charge is 2.34. The molecular formula is C19H16F3N5O2S. The summed E-state index contributed by atoms with van der Waals surface area (Å²) in [6.07, 6.45) is -1.74. The Kier molecular flexibility index (Phi) is 4.98. The average Bonchev–Trinajstić information content (AvgIpc) is 3.35. The Labute approximate surface area is 169 Å². The fourth-order valence-electron chi connectivity index (χ4n) is 3.15. The van der Waals surface area contributed by atoms with Crippen molar-refractivity contribution in [2.24, 2.45) is 0 Å². The van der Waals surface area contributed by atoms with Crippen LogP contribution >= 0.6 is 0 Å². The van der Waals surface area contributed by atoms with Crippen molar-refractivity contribution in [2.45, 2.75) is 24.2 Å². The predicted molar refractivity (Wildman–Crippen MR) is 104 cm³/mol. The summed E-state index contributed by atoms with van der Waals surface area (Å²) in [5.41, 5.74) is -0.136. The number of halogens is 3. The summed E-state index contributed by atoms with van der Waals surface area (Å²) < 4.78 is 69.3. The topological polar surface area (TPSA) is 92.7 Å². The van der Waals surface area contributed by atoms with Gasteiger partial charge in [0, 0.05) is 11.9 Å². The first-order valence-corrected chi connectivity index (χ1v) is 10.4. The molecule has 0 bridgehead atoms. The SMILES string of the molecule is O=S(=O)(Nc1cc(C(F)(F)F)c2cn[nH]c2c1)c1ccnn1CCc1ccccc1. The molecule has 0 saturated carbocycles. The first-order chi connectivity index (χ1) is 14.2. The van der Waals surface area contributed by atoms with E-state index in [1.807, 2.05) is 30.3 Å². The quantitative estimate of drug-likeness (QED) is 0.482. The van der Waals surface area contributed by atoms with Crippen molar-refractivity contribution in [3.8, 4) is 0 Å². The van der Waals surface area contributed by atoms with Gasteiger partial charge in [0.05, 0.1) is 29.2 Å². The second-order valence-corrected chi connectivity index (χ2v) is 8.22. The van der Waals surface area contributed by atoms with Crippen LogP contribution < -0.4 is 4.72 Å². The highest BCUT2D eigenvalue weighted by molar-refractivity contribution is 7.92. The van der Waals surface area contributed by atoms with Gasteiger partial charge in [-0.15, -0.1) is 0 Å². The number of aryl methyl sites for hydroxylation is 2. The lowest BCUT2D eigenvalue weighted by molar-refractivity contribution is -0.136. The van der Waals surface area contributed by atoms with Gasteiger partial charge < -0.3 is 0 Å². The Morgan fingerprint density at radius 1 is 1.10 bits per heavy atom. The zero-order valence-electron chi connectivity index (χ0n) is 15.4. The number of aromatic nitrogens is 4. The molecule has 0 amide bonds. The number of benzene rings is 2. The van der Waals surface area contributed by atoms with E-state index >= 15 is 0 Å². The van der Waals surface area contributed by atoms with Crippen molar-refractivity contribution in [1.82, 2.24) is 20.0 Å². The molecule has 30 heavy (non-hydrogen) atoms. The lowest BCUT2D eigenvalue weighted by Gasteiger charge is -2.13. The first-order valence-electron chi connectivity index (χ1n) is 8.87. The molecule has 7 nitrogen and oxygen atoms in total. The van der Waals surface area contributed by atoms with Gasteiger partial charge in [-0.05, 0) is 30.2 Å². The second-order valence-electron chi connectivity index (χ2n) is 6.59. The molecule has 2 heterocycles. The van der Waals surface area contributed by atoms with Gasteiger partial charge in [0.15, 0.2) is 5.03 Å². The van der Waals surface area contributed by atoms with Gasteiger partial charge in [-0.25, -0.2) is 0 Å². The van der Waals surface area contributed by atoms with Gasteiger partial charge in [-0.2, -0.15) is 31.8 Å². The fraction of sp³-hybridized carbons (Fsp3) is 0.158. The molecule has 4 aromatic rings. The van der Waals surface area contributed by atoms with E-state index < -0.39 is 21.8 Å². The van der Waals surface area contributed by atoms with E-state index in [0.717, 1.165) is 17.8 Å². The van der Waals surface area contributed by atoms with Gasteiger partial charge in [-0.1, -0.05) is 30.3 Å². The highest BCUT2D eigenvalue weighted by Crippen LogP contribution is 2.36. The minimum Gasteiger partial charge on any atom is -0.278 e. The number of aromatic amines is 1. The molecule has 4 rings (SSSR count). The van der Waals surface area contributed by atoms with E-state index in [-0.39, 0.29) is 21.6 Å². The summed E-state index contributed by atoms with van der Waals surface area (Å²) in [4.78, 5) is 0. The molecule has 0 aliphatic carbocycles. The normalized spacial score (nSPS) is 12.4. The summed E-state index contributed by atoms with van der Waals surface area (Å²) in [7, 11) is -4.17. The van der Waals surface area contributed by atoms with E-state index in [4.69, 9.17) is 0 Å². The van der Waals surface area contributed by atoms with Crippen LogP contribution in [0.1, 0.15) is 11.1 Å². The second kappa shape index (κ2) is 7.48. The van der Waals surface area contributed by atoms with Crippen molar-refractivity contribution >= 4 is 26.6 Å². The van der Waals surface area contributed by atoms with Crippen molar-refractivity contribution in [3.63, 3.8) is 0 Å². The maximum Gasteiger partial charge on any atom is 0.417 e. The highest BCUT2D eigenvalue weighted by atomic mass is 32.2. The minimum absolute atomic E-state index is 0.0695. The van der Waals surface area contributed by atoms with Crippen LogP contribution in [0.25, 0.3) is 10.9 Å². The van der Waals surface area contributed by atoms with E-state index in [1.165, 1.54) is 23.0 Å². The van der Waals surface area contributed by atoms with Crippen molar-refractivity contribution in [3.05, 3.63) is 72.1 Å². The van der Waals surface area contributed by atoms with Crippen molar-refractivity contribution in [1.29, 1.82) is 0 Å². The third-order valence-corrected chi connectivity index (χ3v) is 5.93. The number of sulfonamides is 1. The van der Waals surface area contributed by atoms with Crippen molar-refractivity contribution in [2.75, 3.05) is 4.72 Å². The van der Waals surface area contributed by atoms with Gasteiger partial charge in [0.2, 0.25) is 0 Å². The Morgan fingerprint density at radius 2 is 1.87 bits per heavy atom. The van der Waals surface area contributed by atoms with Crippen LogP contribution in [0.2, 0.25) is 0 Å². The van der Waals surface area contributed by atoms with Gasteiger partial charge >= 0.3 is 6.18 Å². The van der Waals surface area contributed by atoms with Gasteiger partial charge in [0.25, 0.3) is 10.0 Å². The van der Waals surface area contributed by atoms with Crippen LogP contribution in [0, 0.1) is 0 Å². The molecule has 2 aromatic heterocycles. The number of nitrogens with one attached hydrogen (secondary N) is 2. The smallest absolute Gasteiger partial charge is 0.278 e. The minimum atomic E-state index is -4.67. The van der Waals surface area contributed by atoms with Gasteiger partial charge in [-0.3, -0.25) is 14.5 Å². The maximum atomic E-state index is 13.4. The molecule has 0 aliphatic rings. The van der Waals surface area contributed by atoms with Crippen LogP contribution in [0.3, 0.4) is 0 Å². The Hall–Kier alpha value is -3.34. The molecule has 0 saturated heterocycles. The van der Waals surface area contributed by atoms with Crippen LogP contribution in [-0.2, 0) is 29.2 Å². The lowest BCUT2D eigenvalue weighted by Crippen LogP contribution is -2.19.